The van der Waals surface area contributed by atoms with Crippen LogP contribution in [0.4, 0.5) is 0 Å². The minimum Gasteiger partial charge on any atom is -0.457 e. The first-order chi connectivity index (χ1) is 10.5. The normalized spacial score (nSPS) is 25.7. The third-order valence-electron chi connectivity index (χ3n) is 4.26. The summed E-state index contributed by atoms with van der Waals surface area (Å²) in [7, 11) is 2.10. The lowest BCUT2D eigenvalue weighted by atomic mass is 9.84. The molecular formula is C17H16ClNO. The van der Waals surface area contributed by atoms with Crippen LogP contribution in [0.15, 0.2) is 42.4 Å². The van der Waals surface area contributed by atoms with E-state index in [0.717, 1.165) is 30.0 Å². The molecule has 0 aliphatic carbocycles. The van der Waals surface area contributed by atoms with Crippen LogP contribution in [0.25, 0.3) is 0 Å². The van der Waals surface area contributed by atoms with Gasteiger partial charge in [0.05, 0.1) is 2.74 Å². The number of hydrogen-bond acceptors (Lipinski definition) is 2. The van der Waals surface area contributed by atoms with Crippen molar-refractivity contribution in [2.24, 2.45) is 0 Å². The van der Waals surface area contributed by atoms with Crippen molar-refractivity contribution < 1.29 is 7.48 Å². The number of hydrogen-bond donors (Lipinski definition) is 0. The van der Waals surface area contributed by atoms with Crippen LogP contribution >= 0.6 is 11.6 Å². The van der Waals surface area contributed by atoms with Gasteiger partial charge < -0.3 is 9.64 Å². The highest BCUT2D eigenvalue weighted by atomic mass is 35.5. The molecule has 2 aliphatic heterocycles. The van der Waals surface area contributed by atoms with Crippen molar-refractivity contribution in [2.75, 3.05) is 20.1 Å². The summed E-state index contributed by atoms with van der Waals surface area (Å²) in [4.78, 5) is 2.29. The van der Waals surface area contributed by atoms with Gasteiger partial charge in [0.1, 0.15) is 11.5 Å². The number of para-hydroxylation sites is 1. The molecular weight excluding hydrogens is 270 g/mol. The average molecular weight is 288 g/mol. The summed E-state index contributed by atoms with van der Waals surface area (Å²) in [6.45, 7) is 1.83. The minimum absolute atomic E-state index is 0.242. The summed E-state index contributed by atoms with van der Waals surface area (Å²) < 4.78 is 22.2. The van der Waals surface area contributed by atoms with Gasteiger partial charge >= 0.3 is 0 Å². The molecule has 0 bridgehead atoms. The van der Waals surface area contributed by atoms with Crippen LogP contribution in [0.1, 0.15) is 25.7 Å². The van der Waals surface area contributed by atoms with Gasteiger partial charge in [0.2, 0.25) is 0 Å². The zero-order valence-electron chi connectivity index (χ0n) is 13.2. The van der Waals surface area contributed by atoms with E-state index in [4.69, 9.17) is 19.1 Å². The highest BCUT2D eigenvalue weighted by Crippen LogP contribution is 2.49. The Balaban J connectivity index is 1.97. The fourth-order valence-electron chi connectivity index (χ4n) is 3.39. The highest BCUT2D eigenvalue weighted by Gasteiger charge is 2.38. The molecule has 102 valence electrons. The van der Waals surface area contributed by atoms with E-state index in [1.807, 2.05) is 18.2 Å². The third-order valence-corrected chi connectivity index (χ3v) is 4.48. The highest BCUT2D eigenvalue weighted by molar-refractivity contribution is 6.30. The Morgan fingerprint density at radius 1 is 1.20 bits per heavy atom. The number of fused-ring (bicyclic) bond motifs is 5. The van der Waals surface area contributed by atoms with Gasteiger partial charge in [-0.15, -0.1) is 0 Å². The van der Waals surface area contributed by atoms with Gasteiger partial charge in [-0.2, -0.15) is 0 Å². The first-order valence-electron chi connectivity index (χ1n) is 7.80. The molecule has 0 saturated carbocycles. The van der Waals surface area contributed by atoms with E-state index < -0.39 is 0 Å². The molecule has 2 nitrogen and oxygen atoms in total. The largest absolute Gasteiger partial charge is 0.457 e. The maximum Gasteiger partial charge on any atom is 0.131 e. The van der Waals surface area contributed by atoms with Crippen LogP contribution in [0.5, 0.6) is 11.5 Å². The van der Waals surface area contributed by atoms with Gasteiger partial charge in [-0.05, 0) is 36.9 Å². The fraction of sp³-hybridized carbons (Fsp3) is 0.294. The summed E-state index contributed by atoms with van der Waals surface area (Å²) in [5.74, 6) is 1.87. The number of likely N-dealkylation sites (N-methyl/N-ethyl adjacent to an activating group) is 1. The van der Waals surface area contributed by atoms with E-state index in [-0.39, 0.29) is 11.8 Å². The number of ether oxygens (including phenoxy) is 1. The average Bonchev–Trinajstić information content (AvgIpc) is 2.79. The quantitative estimate of drug-likeness (QED) is 0.718. The lowest BCUT2D eigenvalue weighted by Crippen LogP contribution is -2.14. The molecule has 2 aromatic carbocycles. The molecule has 1 saturated heterocycles. The second-order valence-electron chi connectivity index (χ2n) is 5.60. The van der Waals surface area contributed by atoms with Gasteiger partial charge in [-0.1, -0.05) is 29.8 Å². The third kappa shape index (κ3) is 1.83. The zero-order valence-corrected chi connectivity index (χ0v) is 11.9. The standard InChI is InChI=1S/C17H16ClNO/c1-19-9-14-12-4-2-3-5-16(12)20-17-7-6-11(18)8-13(17)15(14)10-19/h2-8,14-15H,9-10H2,1H3/t14-,15-/m0/s1/i2D,7D. The van der Waals surface area contributed by atoms with Crippen molar-refractivity contribution in [3.63, 3.8) is 0 Å². The van der Waals surface area contributed by atoms with E-state index in [9.17, 15) is 0 Å². The summed E-state index contributed by atoms with van der Waals surface area (Å²) in [5.41, 5.74) is 2.07. The first kappa shape index (κ1) is 10.3. The molecule has 2 aliphatic rings. The van der Waals surface area contributed by atoms with Gasteiger partial charge in [-0.25, -0.2) is 0 Å². The number of rotatable bonds is 0. The topological polar surface area (TPSA) is 12.5 Å². The van der Waals surface area contributed by atoms with Gasteiger partial charge in [-0.3, -0.25) is 0 Å². The molecule has 0 spiro atoms. The zero-order chi connectivity index (χ0) is 15.4. The predicted octanol–water partition coefficient (Wildman–Crippen LogP) is 4.26. The van der Waals surface area contributed by atoms with E-state index >= 15 is 0 Å². The minimum atomic E-state index is 0.242. The van der Waals surface area contributed by atoms with Crippen LogP contribution in [0, 0.1) is 0 Å². The Morgan fingerprint density at radius 3 is 2.85 bits per heavy atom. The van der Waals surface area contributed by atoms with Crippen molar-refractivity contribution in [1.82, 2.24) is 4.90 Å². The summed E-state index contributed by atoms with van der Waals surface area (Å²) in [6, 6.07) is 9.83. The van der Waals surface area contributed by atoms with E-state index in [1.165, 1.54) is 0 Å². The summed E-state index contributed by atoms with van der Waals surface area (Å²) in [5, 5.41) is 0.577. The smallest absolute Gasteiger partial charge is 0.131 e. The molecule has 0 radical (unpaired) electrons. The van der Waals surface area contributed by atoms with E-state index in [0.29, 0.717) is 22.9 Å². The SMILES string of the molecule is [2H]c1ccc2c(c1)[C@@H]1CN(C)C[C@H]1c1cc(Cl)cc([2H])c1O2. The molecule has 1 fully saturated rings. The molecule has 2 heterocycles. The van der Waals surface area contributed by atoms with Crippen molar-refractivity contribution in [2.45, 2.75) is 11.8 Å². The lowest BCUT2D eigenvalue weighted by molar-refractivity contribution is 0.401. The number of halogens is 1. The van der Waals surface area contributed by atoms with Crippen LogP contribution < -0.4 is 4.74 Å². The Bertz CT molecular complexity index is 765. The lowest BCUT2D eigenvalue weighted by Gasteiger charge is -2.17. The first-order valence-corrected chi connectivity index (χ1v) is 7.17. The van der Waals surface area contributed by atoms with Gasteiger partial charge in [0.25, 0.3) is 0 Å². The van der Waals surface area contributed by atoms with Crippen LogP contribution in [-0.2, 0) is 0 Å². The Labute approximate surface area is 126 Å². The second kappa shape index (κ2) is 4.51. The number of benzene rings is 2. The molecule has 0 N–H and O–H groups in total. The summed E-state index contributed by atoms with van der Waals surface area (Å²) >= 11 is 6.18. The molecule has 0 aromatic heterocycles. The second-order valence-corrected chi connectivity index (χ2v) is 6.04. The van der Waals surface area contributed by atoms with Gasteiger partial charge in [0, 0.05) is 35.5 Å². The summed E-state index contributed by atoms with van der Waals surface area (Å²) in [6.07, 6.45) is 0. The molecule has 0 unspecified atom stereocenters. The molecule has 4 rings (SSSR count). The van der Waals surface area contributed by atoms with E-state index in [2.05, 4.69) is 11.9 Å². The van der Waals surface area contributed by atoms with Crippen LogP contribution in [0.3, 0.4) is 0 Å². The molecule has 20 heavy (non-hydrogen) atoms. The van der Waals surface area contributed by atoms with Crippen molar-refractivity contribution in [3.05, 3.63) is 58.6 Å². The Morgan fingerprint density at radius 2 is 2.00 bits per heavy atom. The molecule has 2 aromatic rings. The van der Waals surface area contributed by atoms with Crippen molar-refractivity contribution >= 4 is 11.6 Å². The predicted molar refractivity (Wildman–Crippen MR) is 80.9 cm³/mol. The Kier molecular flexibility index (Phi) is 2.31. The molecule has 0 amide bonds. The number of nitrogens with zero attached hydrogens (tertiary/aromatic N) is 1. The molecule has 2 atom stereocenters. The number of likely N-dealkylation sites (tertiary alicyclic amines) is 1. The maximum atomic E-state index is 8.21. The molecule has 3 heteroatoms. The van der Waals surface area contributed by atoms with E-state index in [1.54, 1.807) is 12.1 Å². The van der Waals surface area contributed by atoms with Crippen LogP contribution in [-0.4, -0.2) is 25.0 Å². The van der Waals surface area contributed by atoms with Crippen LogP contribution in [0.2, 0.25) is 5.02 Å². The fourth-order valence-corrected chi connectivity index (χ4v) is 3.56. The van der Waals surface area contributed by atoms with Crippen molar-refractivity contribution in [3.8, 4) is 11.5 Å². The van der Waals surface area contributed by atoms with Gasteiger partial charge in [0.15, 0.2) is 0 Å². The monoisotopic (exact) mass is 287 g/mol. The Hall–Kier alpha value is -1.51. The van der Waals surface area contributed by atoms with Crippen molar-refractivity contribution in [1.29, 1.82) is 0 Å². The maximum absolute atomic E-state index is 8.21.